The molecule has 1 aromatic rings. The molecule has 0 fully saturated rings. The van der Waals surface area contributed by atoms with Gasteiger partial charge in [-0.05, 0) is 57.6 Å². The van der Waals surface area contributed by atoms with Crippen molar-refractivity contribution < 1.29 is 14.3 Å². The smallest absolute Gasteiger partial charge is 0.338 e. The molecular formula is C19H25N3O3S. The van der Waals surface area contributed by atoms with E-state index >= 15 is 0 Å². The number of allylic oxidation sites excluding steroid dienone is 1. The largest absolute Gasteiger partial charge is 0.459 e. The number of carbonyl (C=O) groups is 2. The monoisotopic (exact) mass is 375 g/mol. The van der Waals surface area contributed by atoms with Crippen LogP contribution in [0.4, 0.5) is 5.69 Å². The molecule has 0 radical (unpaired) electrons. The fourth-order valence-electron chi connectivity index (χ4n) is 2.92. The van der Waals surface area contributed by atoms with E-state index in [1.807, 2.05) is 44.7 Å². The van der Waals surface area contributed by atoms with Crippen LogP contribution >= 0.6 is 12.2 Å². The summed E-state index contributed by atoms with van der Waals surface area (Å²) in [6.45, 7) is 9.62. The molecule has 1 amide bonds. The van der Waals surface area contributed by atoms with Crippen molar-refractivity contribution in [1.82, 2.24) is 10.2 Å². The summed E-state index contributed by atoms with van der Waals surface area (Å²) in [6.07, 6.45) is -0.213. The van der Waals surface area contributed by atoms with Crippen LogP contribution in [-0.2, 0) is 14.3 Å². The van der Waals surface area contributed by atoms with Crippen LogP contribution in [0.15, 0.2) is 35.5 Å². The van der Waals surface area contributed by atoms with Gasteiger partial charge in [0.15, 0.2) is 5.11 Å². The zero-order valence-corrected chi connectivity index (χ0v) is 16.6. The van der Waals surface area contributed by atoms with Crippen LogP contribution in [0.25, 0.3) is 0 Å². The van der Waals surface area contributed by atoms with Crippen LogP contribution in [0.2, 0.25) is 0 Å². The van der Waals surface area contributed by atoms with Crippen LogP contribution in [0.5, 0.6) is 0 Å². The number of anilines is 1. The molecule has 1 atom stereocenters. The van der Waals surface area contributed by atoms with Crippen molar-refractivity contribution in [2.75, 3.05) is 11.9 Å². The van der Waals surface area contributed by atoms with E-state index in [4.69, 9.17) is 17.0 Å². The van der Waals surface area contributed by atoms with Crippen LogP contribution in [0.3, 0.4) is 0 Å². The summed E-state index contributed by atoms with van der Waals surface area (Å²) in [7, 11) is 0. The summed E-state index contributed by atoms with van der Waals surface area (Å²) >= 11 is 5.46. The second-order valence-corrected chi connectivity index (χ2v) is 6.77. The van der Waals surface area contributed by atoms with Crippen LogP contribution in [0, 0.1) is 0 Å². The van der Waals surface area contributed by atoms with E-state index in [1.54, 1.807) is 12.1 Å². The Morgan fingerprint density at radius 2 is 1.92 bits per heavy atom. The van der Waals surface area contributed by atoms with E-state index in [9.17, 15) is 9.59 Å². The molecule has 0 aliphatic carbocycles. The van der Waals surface area contributed by atoms with E-state index in [0.717, 1.165) is 11.3 Å². The maximum absolute atomic E-state index is 12.7. The Hall–Kier alpha value is -2.41. The van der Waals surface area contributed by atoms with Crippen molar-refractivity contribution >= 4 is 34.9 Å². The molecule has 0 spiro atoms. The van der Waals surface area contributed by atoms with Crippen molar-refractivity contribution in [2.24, 2.45) is 0 Å². The average molecular weight is 375 g/mol. The lowest BCUT2D eigenvalue weighted by Crippen LogP contribution is -2.47. The summed E-state index contributed by atoms with van der Waals surface area (Å²) in [5.41, 5.74) is 2.90. The Morgan fingerprint density at radius 1 is 1.31 bits per heavy atom. The minimum Gasteiger partial charge on any atom is -0.459 e. The number of rotatable bonds is 5. The number of amides is 1. The lowest BCUT2D eigenvalue weighted by atomic mass is 9.94. The average Bonchev–Trinajstić information content (AvgIpc) is 2.54. The van der Waals surface area contributed by atoms with Gasteiger partial charge >= 0.3 is 5.97 Å². The molecule has 140 valence electrons. The fraction of sp³-hybridized carbons (Fsp3) is 0.421. The van der Waals surface area contributed by atoms with E-state index < -0.39 is 6.04 Å². The lowest BCUT2D eigenvalue weighted by molar-refractivity contribution is -0.143. The zero-order valence-electron chi connectivity index (χ0n) is 15.8. The number of hydrogen-bond donors (Lipinski definition) is 2. The maximum atomic E-state index is 12.7. The third-order valence-corrected chi connectivity index (χ3v) is 4.38. The van der Waals surface area contributed by atoms with E-state index in [2.05, 4.69) is 10.6 Å². The van der Waals surface area contributed by atoms with Gasteiger partial charge in [0.25, 0.3) is 0 Å². The predicted octanol–water partition coefficient (Wildman–Crippen LogP) is 3.12. The van der Waals surface area contributed by atoms with Crippen LogP contribution in [-0.4, -0.2) is 34.5 Å². The number of ether oxygens (including phenoxy) is 1. The number of thiocarbonyl (C=S) groups is 1. The molecule has 0 aromatic heterocycles. The highest BCUT2D eigenvalue weighted by Gasteiger charge is 2.34. The second kappa shape index (κ2) is 8.31. The molecular weight excluding hydrogens is 350 g/mol. The molecule has 1 unspecified atom stereocenters. The van der Waals surface area contributed by atoms with Gasteiger partial charge in [0.1, 0.15) is 0 Å². The standard InChI is InChI=1S/C19H25N3O3S/c1-6-22-12(4)16(18(24)25-11(2)3)17(21-19(22)26)14-7-9-15(10-8-14)20-13(5)23/h7-11,17H,6H2,1-5H3,(H,20,23)(H,21,26). The van der Waals surface area contributed by atoms with E-state index in [0.29, 0.717) is 22.9 Å². The number of nitrogens with zero attached hydrogens (tertiary/aromatic N) is 1. The highest BCUT2D eigenvalue weighted by molar-refractivity contribution is 7.80. The third kappa shape index (κ3) is 4.40. The quantitative estimate of drug-likeness (QED) is 0.609. The van der Waals surface area contributed by atoms with Gasteiger partial charge in [0.2, 0.25) is 5.91 Å². The van der Waals surface area contributed by atoms with Gasteiger partial charge in [0.05, 0.1) is 17.7 Å². The summed E-state index contributed by atoms with van der Waals surface area (Å²) in [5.74, 6) is -0.493. The van der Waals surface area contributed by atoms with Gasteiger partial charge in [-0.25, -0.2) is 4.79 Å². The molecule has 1 aliphatic heterocycles. The van der Waals surface area contributed by atoms with Gasteiger partial charge in [-0.2, -0.15) is 0 Å². The Balaban J connectivity index is 2.43. The Kier molecular flexibility index (Phi) is 6.37. The highest BCUT2D eigenvalue weighted by Crippen LogP contribution is 2.32. The van der Waals surface area contributed by atoms with Crippen molar-refractivity contribution in [3.8, 4) is 0 Å². The first-order valence-corrected chi connectivity index (χ1v) is 9.02. The van der Waals surface area contributed by atoms with Crippen LogP contribution in [0.1, 0.15) is 46.2 Å². The minimum absolute atomic E-state index is 0.134. The number of nitrogens with one attached hydrogen (secondary N) is 2. The van der Waals surface area contributed by atoms with Gasteiger partial charge in [-0.3, -0.25) is 4.79 Å². The fourth-order valence-corrected chi connectivity index (χ4v) is 3.30. The zero-order chi connectivity index (χ0) is 19.4. The van der Waals surface area contributed by atoms with Gasteiger partial charge < -0.3 is 20.3 Å². The Morgan fingerprint density at radius 3 is 2.42 bits per heavy atom. The molecule has 2 N–H and O–H groups in total. The van der Waals surface area contributed by atoms with Crippen molar-refractivity contribution in [3.63, 3.8) is 0 Å². The Labute approximate surface area is 159 Å². The highest BCUT2D eigenvalue weighted by atomic mass is 32.1. The molecule has 0 bridgehead atoms. The van der Waals surface area contributed by atoms with Gasteiger partial charge in [0, 0.05) is 24.9 Å². The summed E-state index contributed by atoms with van der Waals surface area (Å²) < 4.78 is 5.45. The predicted molar refractivity (Wildman–Crippen MR) is 106 cm³/mol. The van der Waals surface area contributed by atoms with Crippen molar-refractivity contribution in [3.05, 3.63) is 41.1 Å². The number of hydrogen-bond acceptors (Lipinski definition) is 4. The summed E-state index contributed by atoms with van der Waals surface area (Å²) in [5, 5.41) is 6.54. The first-order valence-electron chi connectivity index (χ1n) is 8.61. The van der Waals surface area contributed by atoms with Crippen LogP contribution < -0.4 is 10.6 Å². The normalized spacial score (nSPS) is 17.2. The van der Waals surface area contributed by atoms with Gasteiger partial charge in [-0.15, -0.1) is 0 Å². The van der Waals surface area contributed by atoms with Crippen molar-refractivity contribution in [2.45, 2.75) is 46.8 Å². The van der Waals surface area contributed by atoms with Crippen molar-refractivity contribution in [1.29, 1.82) is 0 Å². The first kappa shape index (κ1) is 19.9. The topological polar surface area (TPSA) is 70.7 Å². The molecule has 26 heavy (non-hydrogen) atoms. The molecule has 1 aliphatic rings. The maximum Gasteiger partial charge on any atom is 0.338 e. The molecule has 6 nitrogen and oxygen atoms in total. The molecule has 2 rings (SSSR count). The number of carbonyl (C=O) groups excluding carboxylic acids is 2. The molecule has 0 saturated carbocycles. The number of benzene rings is 1. The molecule has 7 heteroatoms. The van der Waals surface area contributed by atoms with E-state index in [1.165, 1.54) is 6.92 Å². The third-order valence-electron chi connectivity index (χ3n) is 4.04. The molecule has 0 saturated heterocycles. The van der Waals surface area contributed by atoms with Gasteiger partial charge in [-0.1, -0.05) is 12.1 Å². The molecule has 1 heterocycles. The van der Waals surface area contributed by atoms with E-state index in [-0.39, 0.29) is 18.0 Å². The molecule has 1 aromatic carbocycles. The minimum atomic E-state index is -0.400. The second-order valence-electron chi connectivity index (χ2n) is 6.38. The first-order chi connectivity index (χ1) is 12.2. The SMILES string of the molecule is CCN1C(=S)NC(c2ccc(NC(C)=O)cc2)C(C(=O)OC(C)C)=C1C. The Bertz CT molecular complexity index is 741. The lowest BCUT2D eigenvalue weighted by Gasteiger charge is -2.37. The summed E-state index contributed by atoms with van der Waals surface area (Å²) in [6, 6.07) is 6.93. The summed E-state index contributed by atoms with van der Waals surface area (Å²) in [4.78, 5) is 25.8. The number of esters is 1.